The molecule has 0 radical (unpaired) electrons. The predicted molar refractivity (Wildman–Crippen MR) is 106 cm³/mol. The van der Waals surface area contributed by atoms with Crippen molar-refractivity contribution in [1.29, 1.82) is 0 Å². The zero-order chi connectivity index (χ0) is 19.5. The van der Waals surface area contributed by atoms with Gasteiger partial charge in [-0.15, -0.1) is 0 Å². The highest BCUT2D eigenvalue weighted by Gasteiger charge is 2.29. The Hall–Kier alpha value is -2.51. The van der Waals surface area contributed by atoms with E-state index in [4.69, 9.17) is 14.8 Å². The van der Waals surface area contributed by atoms with Gasteiger partial charge < -0.3 is 14.7 Å². The number of rotatable bonds is 5. The van der Waals surface area contributed by atoms with Crippen molar-refractivity contribution in [3.63, 3.8) is 0 Å². The van der Waals surface area contributed by atoms with Crippen LogP contribution in [0.4, 0.5) is 5.95 Å². The maximum atomic E-state index is 12.6. The molecule has 1 aromatic carbocycles. The second-order valence-electron chi connectivity index (χ2n) is 7.38. The van der Waals surface area contributed by atoms with Crippen LogP contribution in [0.25, 0.3) is 0 Å². The number of benzene rings is 1. The molecule has 0 saturated carbocycles. The van der Waals surface area contributed by atoms with Crippen LogP contribution < -0.4 is 9.64 Å². The summed E-state index contributed by atoms with van der Waals surface area (Å²) in [5.41, 5.74) is 2.64. The summed E-state index contributed by atoms with van der Waals surface area (Å²) in [7, 11) is 1.65. The number of ketones is 1. The number of carbonyl (C=O) groups excluding carboxylic acids is 1. The molecule has 7 heteroatoms. The van der Waals surface area contributed by atoms with Crippen LogP contribution in [0.5, 0.6) is 5.75 Å². The first-order chi connectivity index (χ1) is 13.7. The van der Waals surface area contributed by atoms with Gasteiger partial charge in [0.15, 0.2) is 5.78 Å². The molecule has 7 nitrogen and oxygen atoms in total. The summed E-state index contributed by atoms with van der Waals surface area (Å²) >= 11 is 0. The van der Waals surface area contributed by atoms with Crippen LogP contribution >= 0.6 is 0 Å². The molecule has 1 atom stereocenters. The Bertz CT molecular complexity index is 832. The number of aliphatic hydroxyl groups excluding tert-OH is 1. The van der Waals surface area contributed by atoms with Gasteiger partial charge in [-0.05, 0) is 30.0 Å². The zero-order valence-electron chi connectivity index (χ0n) is 16.2. The number of fused-ring (bicyclic) bond motifs is 1. The quantitative estimate of drug-likeness (QED) is 0.840. The number of nitrogens with zero attached hydrogens (tertiary/aromatic N) is 4. The molecular weight excluding hydrogens is 356 g/mol. The molecule has 2 aliphatic rings. The first-order valence-corrected chi connectivity index (χ1v) is 9.79. The zero-order valence-corrected chi connectivity index (χ0v) is 16.2. The molecule has 4 rings (SSSR count). The van der Waals surface area contributed by atoms with Gasteiger partial charge in [0.05, 0.1) is 25.0 Å². The lowest BCUT2D eigenvalue weighted by Crippen LogP contribution is -2.47. The summed E-state index contributed by atoms with van der Waals surface area (Å²) in [6.45, 7) is 4.31. The predicted octanol–water partition coefficient (Wildman–Crippen LogP) is 1.51. The van der Waals surface area contributed by atoms with Gasteiger partial charge in [0.2, 0.25) is 5.95 Å². The maximum absolute atomic E-state index is 12.6. The first-order valence-electron chi connectivity index (χ1n) is 9.79. The number of piperazine rings is 1. The summed E-state index contributed by atoms with van der Waals surface area (Å²) in [6.07, 6.45) is 2.93. The minimum atomic E-state index is 0.112. The molecule has 2 heterocycles. The number of aromatic nitrogens is 2. The molecule has 1 saturated heterocycles. The van der Waals surface area contributed by atoms with E-state index in [1.54, 1.807) is 13.3 Å². The molecule has 148 valence electrons. The van der Waals surface area contributed by atoms with Gasteiger partial charge in [-0.3, -0.25) is 9.69 Å². The van der Waals surface area contributed by atoms with E-state index >= 15 is 0 Å². The average Bonchev–Trinajstić information content (AvgIpc) is 2.74. The van der Waals surface area contributed by atoms with Crippen LogP contribution in [0, 0.1) is 0 Å². The first kappa shape index (κ1) is 18.8. The molecule has 1 aliphatic heterocycles. The Morgan fingerprint density at radius 1 is 1.14 bits per heavy atom. The number of ether oxygens (including phenoxy) is 1. The fraction of sp³-hybridized carbons (Fsp3) is 0.476. The number of methoxy groups -OCH3 is 1. The fourth-order valence-electron chi connectivity index (χ4n) is 4.01. The van der Waals surface area contributed by atoms with Crippen molar-refractivity contribution in [2.45, 2.75) is 18.8 Å². The van der Waals surface area contributed by atoms with Crippen LogP contribution in [-0.2, 0) is 6.42 Å². The number of carbonyl (C=O) groups is 1. The molecule has 1 aromatic heterocycles. The lowest BCUT2D eigenvalue weighted by molar-refractivity contribution is 0.0962. The third-order valence-corrected chi connectivity index (χ3v) is 5.69. The molecular formula is C21H26N4O3. The van der Waals surface area contributed by atoms with Crippen molar-refractivity contribution in [3.05, 3.63) is 47.3 Å². The van der Waals surface area contributed by atoms with Crippen molar-refractivity contribution in [3.8, 4) is 5.75 Å². The second-order valence-corrected chi connectivity index (χ2v) is 7.38. The molecule has 1 aliphatic carbocycles. The highest BCUT2D eigenvalue weighted by Crippen LogP contribution is 2.33. The third-order valence-electron chi connectivity index (χ3n) is 5.69. The van der Waals surface area contributed by atoms with E-state index in [0.29, 0.717) is 24.5 Å². The monoisotopic (exact) mass is 382 g/mol. The Kier molecular flexibility index (Phi) is 5.54. The van der Waals surface area contributed by atoms with Gasteiger partial charge in [-0.1, -0.05) is 12.1 Å². The van der Waals surface area contributed by atoms with Crippen LogP contribution in [0.15, 0.2) is 30.5 Å². The Morgan fingerprint density at radius 3 is 2.57 bits per heavy atom. The van der Waals surface area contributed by atoms with Crippen molar-refractivity contribution >= 4 is 11.7 Å². The van der Waals surface area contributed by atoms with Gasteiger partial charge in [0.25, 0.3) is 0 Å². The van der Waals surface area contributed by atoms with Gasteiger partial charge in [-0.2, -0.15) is 0 Å². The van der Waals surface area contributed by atoms with E-state index in [2.05, 4.69) is 14.8 Å². The summed E-state index contributed by atoms with van der Waals surface area (Å²) in [5, 5.41) is 9.09. The van der Waals surface area contributed by atoms with Gasteiger partial charge >= 0.3 is 0 Å². The standard InChI is InChI=1S/C21H26N4O3/c1-28-17-4-2-15(3-5-17)16-12-19-18(20(27)13-16)14-22-21(23-19)25-8-6-24(7-9-25)10-11-26/h2-5,14,16,26H,6-13H2,1H3. The van der Waals surface area contributed by atoms with E-state index in [1.807, 2.05) is 24.3 Å². The topological polar surface area (TPSA) is 78.8 Å². The minimum Gasteiger partial charge on any atom is -0.497 e. The van der Waals surface area contributed by atoms with E-state index in [9.17, 15) is 4.79 Å². The highest BCUT2D eigenvalue weighted by molar-refractivity contribution is 5.98. The SMILES string of the molecule is COc1ccc(C2CC(=O)c3cnc(N4CCN(CCO)CC4)nc3C2)cc1. The van der Waals surface area contributed by atoms with E-state index in [0.717, 1.165) is 49.6 Å². The number of Topliss-reactive ketones (excluding diaryl/α,β-unsaturated/α-hetero) is 1. The Balaban J connectivity index is 1.51. The summed E-state index contributed by atoms with van der Waals surface area (Å²) in [4.78, 5) is 26.3. The summed E-state index contributed by atoms with van der Waals surface area (Å²) in [6, 6.07) is 7.94. The van der Waals surface area contributed by atoms with Gasteiger partial charge in [0.1, 0.15) is 5.75 Å². The van der Waals surface area contributed by atoms with Gasteiger partial charge in [-0.25, -0.2) is 9.97 Å². The highest BCUT2D eigenvalue weighted by atomic mass is 16.5. The Morgan fingerprint density at radius 2 is 1.89 bits per heavy atom. The van der Waals surface area contributed by atoms with Gasteiger partial charge in [0, 0.05) is 45.3 Å². The molecule has 0 amide bonds. The fourth-order valence-corrected chi connectivity index (χ4v) is 4.01. The lowest BCUT2D eigenvalue weighted by Gasteiger charge is -2.34. The van der Waals surface area contributed by atoms with Crippen LogP contribution in [0.3, 0.4) is 0 Å². The number of hydrogen-bond donors (Lipinski definition) is 1. The molecule has 2 aromatic rings. The van der Waals surface area contributed by atoms with E-state index < -0.39 is 0 Å². The lowest BCUT2D eigenvalue weighted by atomic mass is 9.82. The van der Waals surface area contributed by atoms with Crippen molar-refractivity contribution in [2.75, 3.05) is 51.3 Å². The molecule has 0 spiro atoms. The molecule has 1 N–H and O–H groups in total. The van der Waals surface area contributed by atoms with Crippen molar-refractivity contribution in [1.82, 2.24) is 14.9 Å². The van der Waals surface area contributed by atoms with E-state index in [1.165, 1.54) is 0 Å². The summed E-state index contributed by atoms with van der Waals surface area (Å²) < 4.78 is 5.23. The second kappa shape index (κ2) is 8.24. The largest absolute Gasteiger partial charge is 0.497 e. The van der Waals surface area contributed by atoms with Crippen molar-refractivity contribution in [2.24, 2.45) is 0 Å². The molecule has 0 bridgehead atoms. The third kappa shape index (κ3) is 3.86. The van der Waals surface area contributed by atoms with Crippen LogP contribution in [0.1, 0.15) is 34.0 Å². The molecule has 1 unspecified atom stereocenters. The Labute approximate surface area is 165 Å². The summed E-state index contributed by atoms with van der Waals surface area (Å²) in [5.74, 6) is 1.76. The normalized spacial score (nSPS) is 20.1. The van der Waals surface area contributed by atoms with Crippen LogP contribution in [-0.4, -0.2) is 72.2 Å². The minimum absolute atomic E-state index is 0.112. The number of β-amino-alcohol motifs (C(OH)–C–C–N with tert-alkyl or cyclic N) is 1. The van der Waals surface area contributed by atoms with E-state index in [-0.39, 0.29) is 18.3 Å². The number of aliphatic hydroxyl groups is 1. The number of hydrogen-bond acceptors (Lipinski definition) is 7. The molecule has 1 fully saturated rings. The van der Waals surface area contributed by atoms with Crippen molar-refractivity contribution < 1.29 is 14.6 Å². The molecule has 28 heavy (non-hydrogen) atoms. The maximum Gasteiger partial charge on any atom is 0.225 e. The average molecular weight is 382 g/mol. The van der Waals surface area contributed by atoms with Crippen LogP contribution in [0.2, 0.25) is 0 Å². The smallest absolute Gasteiger partial charge is 0.225 e. The number of anilines is 1.